The molecule has 31 heavy (non-hydrogen) atoms. The molecule has 0 atom stereocenters. The fourth-order valence-electron chi connectivity index (χ4n) is 2.56. The highest BCUT2D eigenvalue weighted by atomic mass is 35.5. The predicted octanol–water partition coefficient (Wildman–Crippen LogP) is 3.12. The molecule has 0 saturated carbocycles. The molecule has 0 radical (unpaired) electrons. The molecule has 2 amide bonds. The number of hydrogen-bond acceptors (Lipinski definition) is 7. The normalized spacial score (nSPS) is 14.0. The van der Waals surface area contributed by atoms with Gasteiger partial charge in [0, 0.05) is 19.2 Å². The van der Waals surface area contributed by atoms with Gasteiger partial charge >= 0.3 is 0 Å². The maximum Gasteiger partial charge on any atom is 0.298 e. The van der Waals surface area contributed by atoms with Crippen LogP contribution in [0.4, 0.5) is 17.1 Å². The number of hydrogen-bond donors (Lipinski definition) is 2. The minimum Gasteiger partial charge on any atom is -0.429 e. The van der Waals surface area contributed by atoms with E-state index in [2.05, 4.69) is 15.5 Å². The summed E-state index contributed by atoms with van der Waals surface area (Å²) < 4.78 is 4.44. The summed E-state index contributed by atoms with van der Waals surface area (Å²) in [5.74, 6) is -0.0226. The van der Waals surface area contributed by atoms with Gasteiger partial charge in [-0.05, 0) is 50.2 Å². The van der Waals surface area contributed by atoms with Crippen LogP contribution >= 0.6 is 11.6 Å². The van der Waals surface area contributed by atoms with E-state index in [4.69, 9.17) is 11.6 Å². The second-order valence-corrected chi connectivity index (χ2v) is 7.37. The van der Waals surface area contributed by atoms with Crippen LogP contribution in [-0.4, -0.2) is 35.6 Å². The van der Waals surface area contributed by atoms with E-state index in [9.17, 15) is 24.5 Å². The van der Waals surface area contributed by atoms with Crippen molar-refractivity contribution in [2.45, 2.75) is 13.8 Å². The molecule has 0 spiro atoms. The molecule has 10 nitrogen and oxygen atoms in total. The fourth-order valence-corrected chi connectivity index (χ4v) is 2.62. The van der Waals surface area contributed by atoms with E-state index < -0.39 is 10.3 Å². The molecule has 1 aliphatic rings. The van der Waals surface area contributed by atoms with Gasteiger partial charge < -0.3 is 10.1 Å². The molecule has 1 saturated heterocycles. The number of rotatable bonds is 6. The van der Waals surface area contributed by atoms with Crippen LogP contribution in [0, 0.1) is 15.5 Å². The number of nitro groups is 1. The Labute approximate surface area is 184 Å². The lowest BCUT2D eigenvalue weighted by Gasteiger charge is -2.19. The molecule has 0 aromatic heterocycles. The highest BCUT2D eigenvalue weighted by molar-refractivity contribution is 6.29. The van der Waals surface area contributed by atoms with Gasteiger partial charge in [0.25, 0.3) is 12.2 Å². The zero-order valence-corrected chi connectivity index (χ0v) is 17.6. The molecule has 2 aromatic carbocycles. The summed E-state index contributed by atoms with van der Waals surface area (Å²) in [6, 6.07) is 12.5. The van der Waals surface area contributed by atoms with Crippen LogP contribution in [0.15, 0.2) is 48.5 Å². The largest absolute Gasteiger partial charge is 0.429 e. The Bertz CT molecular complexity index is 954. The molecule has 0 aliphatic carbocycles. The summed E-state index contributed by atoms with van der Waals surface area (Å²) in [6.45, 7) is 4.68. The van der Waals surface area contributed by atoms with Crippen molar-refractivity contribution in [3.05, 3.63) is 58.6 Å². The minimum absolute atomic E-state index is 0. The van der Waals surface area contributed by atoms with Crippen LogP contribution in [0.3, 0.4) is 0 Å². The lowest BCUT2D eigenvalue weighted by molar-refractivity contribution is -0.384. The Morgan fingerprint density at radius 1 is 1.29 bits per heavy atom. The molecule has 0 unspecified atom stereocenters. The quantitative estimate of drug-likeness (QED) is 0.299. The van der Waals surface area contributed by atoms with Crippen LogP contribution < -0.4 is 20.5 Å². The SMILES string of the molecule is CC1(C)CN(c2ccc(NC(=O)CCl)cc2)NC1=O.O=COc1ccc([N+](=O)[O-])cc1.[HH]. The third-order valence-electron chi connectivity index (χ3n) is 4.22. The number of anilines is 2. The van der Waals surface area contributed by atoms with E-state index in [1.807, 2.05) is 26.0 Å². The van der Waals surface area contributed by atoms with Gasteiger partial charge in [0.05, 0.1) is 22.6 Å². The average Bonchev–Trinajstić information content (AvgIpc) is 3.02. The molecule has 0 bridgehead atoms. The van der Waals surface area contributed by atoms with E-state index >= 15 is 0 Å². The number of nitro benzene ring substituents is 1. The number of benzene rings is 2. The molecule has 3 rings (SSSR count). The van der Waals surface area contributed by atoms with Gasteiger partial charge in [0.15, 0.2) is 0 Å². The van der Waals surface area contributed by atoms with Gasteiger partial charge in [-0.25, -0.2) is 0 Å². The summed E-state index contributed by atoms with van der Waals surface area (Å²) in [4.78, 5) is 42.3. The number of nitrogens with one attached hydrogen (secondary N) is 2. The highest BCUT2D eigenvalue weighted by Gasteiger charge is 2.37. The summed E-state index contributed by atoms with van der Waals surface area (Å²) in [5, 5.41) is 14.6. The molecule has 1 heterocycles. The molecular weight excluding hydrogens is 428 g/mol. The van der Waals surface area contributed by atoms with Crippen molar-refractivity contribution in [2.24, 2.45) is 5.41 Å². The number of ether oxygens (including phenoxy) is 1. The number of carbonyl (C=O) groups is 3. The van der Waals surface area contributed by atoms with Crippen LogP contribution in [0.1, 0.15) is 15.3 Å². The zero-order valence-electron chi connectivity index (χ0n) is 16.8. The van der Waals surface area contributed by atoms with Crippen LogP contribution in [0.5, 0.6) is 5.75 Å². The smallest absolute Gasteiger partial charge is 0.298 e. The maximum absolute atomic E-state index is 11.7. The average molecular weight is 451 g/mol. The summed E-state index contributed by atoms with van der Waals surface area (Å²) >= 11 is 5.42. The molecule has 1 fully saturated rings. The van der Waals surface area contributed by atoms with Gasteiger partial charge in [-0.3, -0.25) is 34.9 Å². The van der Waals surface area contributed by atoms with Crippen LogP contribution in [-0.2, 0) is 14.4 Å². The van der Waals surface area contributed by atoms with Gasteiger partial charge in [-0.15, -0.1) is 11.6 Å². The van der Waals surface area contributed by atoms with Crippen LogP contribution in [0.25, 0.3) is 0 Å². The van der Waals surface area contributed by atoms with Gasteiger partial charge in [0.2, 0.25) is 11.8 Å². The number of nitrogens with zero attached hydrogens (tertiary/aromatic N) is 2. The number of carbonyl (C=O) groups excluding carboxylic acids is 3. The monoisotopic (exact) mass is 450 g/mol. The molecular formula is C20H23ClN4O6. The van der Waals surface area contributed by atoms with Crippen LogP contribution in [0.2, 0.25) is 0 Å². The Morgan fingerprint density at radius 2 is 1.90 bits per heavy atom. The number of non-ortho nitro benzene ring substituents is 1. The second kappa shape index (κ2) is 10.4. The van der Waals surface area contributed by atoms with Crippen molar-refractivity contribution in [1.82, 2.24) is 5.43 Å². The topological polar surface area (TPSA) is 131 Å². The summed E-state index contributed by atoms with van der Waals surface area (Å²) in [5.41, 5.74) is 3.94. The zero-order chi connectivity index (χ0) is 23.0. The lowest BCUT2D eigenvalue weighted by atomic mass is 9.94. The van der Waals surface area contributed by atoms with E-state index in [1.165, 1.54) is 24.3 Å². The molecule has 166 valence electrons. The van der Waals surface area contributed by atoms with Crippen molar-refractivity contribution >= 4 is 46.9 Å². The number of alkyl halides is 1. The van der Waals surface area contributed by atoms with Crippen molar-refractivity contribution in [3.63, 3.8) is 0 Å². The van der Waals surface area contributed by atoms with Gasteiger partial charge in [0.1, 0.15) is 11.6 Å². The lowest BCUT2D eigenvalue weighted by Crippen LogP contribution is -2.33. The third-order valence-corrected chi connectivity index (χ3v) is 4.46. The summed E-state index contributed by atoms with van der Waals surface area (Å²) in [6.07, 6.45) is 0. The summed E-state index contributed by atoms with van der Waals surface area (Å²) in [7, 11) is 0. The maximum atomic E-state index is 11.7. The third kappa shape index (κ3) is 6.68. The fraction of sp³-hybridized carbons (Fsp3) is 0.250. The van der Waals surface area contributed by atoms with Crippen molar-refractivity contribution < 1.29 is 25.5 Å². The first kappa shape index (κ1) is 23.6. The van der Waals surface area contributed by atoms with Gasteiger partial charge in [-0.2, -0.15) is 0 Å². The first-order valence-electron chi connectivity index (χ1n) is 9.05. The molecule has 2 aromatic rings. The standard InChI is InChI=1S/C13H16ClN3O2.C7H5NO4.H2/c1-13(2)8-17(16-12(13)19)10-5-3-9(4-6-10)15-11(18)7-14;9-5-12-7-3-1-6(2-4-7)8(10)11;/h3-6H,7-8H2,1-2H3,(H,15,18)(H,16,19);1-5H;1H. The first-order valence-corrected chi connectivity index (χ1v) is 9.59. The van der Waals surface area contributed by atoms with E-state index in [0.29, 0.717) is 12.2 Å². The Morgan fingerprint density at radius 3 is 2.35 bits per heavy atom. The Balaban J connectivity index is 0.000000342. The van der Waals surface area contributed by atoms with E-state index in [1.54, 1.807) is 17.1 Å². The Hall–Kier alpha value is -3.66. The predicted molar refractivity (Wildman–Crippen MR) is 117 cm³/mol. The number of halogens is 1. The molecule has 11 heteroatoms. The number of hydrazine groups is 1. The first-order chi connectivity index (χ1) is 14.7. The number of amides is 2. The van der Waals surface area contributed by atoms with E-state index in [0.717, 1.165) is 5.69 Å². The molecule has 1 aliphatic heterocycles. The molecule has 2 N–H and O–H groups in total. The second-order valence-electron chi connectivity index (χ2n) is 7.10. The van der Waals surface area contributed by atoms with Crippen molar-refractivity contribution in [2.75, 3.05) is 22.8 Å². The van der Waals surface area contributed by atoms with E-state index in [-0.39, 0.29) is 37.0 Å². The van der Waals surface area contributed by atoms with Gasteiger partial charge in [-0.1, -0.05) is 0 Å². The highest BCUT2D eigenvalue weighted by Crippen LogP contribution is 2.27. The minimum atomic E-state index is -0.523. The Kier molecular flexibility index (Phi) is 7.92. The van der Waals surface area contributed by atoms with Crippen molar-refractivity contribution in [3.8, 4) is 5.75 Å². The van der Waals surface area contributed by atoms with Crippen molar-refractivity contribution in [1.29, 1.82) is 0 Å².